The van der Waals surface area contributed by atoms with Gasteiger partial charge in [0.15, 0.2) is 11.6 Å². The number of thiophene rings is 1. The van der Waals surface area contributed by atoms with E-state index in [-0.39, 0.29) is 0 Å². The molecule has 0 fully saturated rings. The van der Waals surface area contributed by atoms with E-state index < -0.39 is 0 Å². The monoisotopic (exact) mass is 284 g/mol. The summed E-state index contributed by atoms with van der Waals surface area (Å²) in [5.41, 5.74) is 4.04. The Hall–Kier alpha value is -2.12. The van der Waals surface area contributed by atoms with Crippen LogP contribution in [0.5, 0.6) is 0 Å². The van der Waals surface area contributed by atoms with Crippen LogP contribution in [0, 0.1) is 0 Å². The summed E-state index contributed by atoms with van der Waals surface area (Å²) in [4.78, 5) is 19.8. The lowest BCUT2D eigenvalue weighted by Gasteiger charge is -2.05. The number of rotatable bonds is 2. The number of hydrogen-bond donors (Lipinski definition) is 2. The van der Waals surface area contributed by atoms with Crippen LogP contribution in [-0.4, -0.2) is 19.9 Å². The van der Waals surface area contributed by atoms with Gasteiger partial charge in [-0.05, 0) is 30.9 Å². The van der Waals surface area contributed by atoms with Crippen molar-refractivity contribution >= 4 is 27.4 Å². The fourth-order valence-corrected chi connectivity index (χ4v) is 3.88. The van der Waals surface area contributed by atoms with Crippen molar-refractivity contribution in [2.45, 2.75) is 19.3 Å². The van der Waals surface area contributed by atoms with Gasteiger partial charge in [0.1, 0.15) is 4.83 Å². The first-order valence-electron chi connectivity index (χ1n) is 6.43. The highest BCUT2D eigenvalue weighted by Gasteiger charge is 2.22. The zero-order chi connectivity index (χ0) is 13.5. The van der Waals surface area contributed by atoms with Crippen LogP contribution in [0.1, 0.15) is 16.9 Å². The maximum atomic E-state index is 5.64. The van der Waals surface area contributed by atoms with Crippen LogP contribution in [0.25, 0.3) is 21.9 Å². The van der Waals surface area contributed by atoms with E-state index in [4.69, 9.17) is 5.84 Å². The Morgan fingerprint density at radius 3 is 2.75 bits per heavy atom. The van der Waals surface area contributed by atoms with E-state index in [0.717, 1.165) is 23.1 Å². The summed E-state index contributed by atoms with van der Waals surface area (Å²) in [6.45, 7) is 0. The molecule has 0 aliphatic heterocycles. The largest absolute Gasteiger partial charge is 0.308 e. The minimum Gasteiger partial charge on any atom is -0.308 e. The molecule has 0 saturated heterocycles. The third-order valence-electron chi connectivity index (χ3n) is 3.47. The topological polar surface area (TPSA) is 89.6 Å². The molecule has 3 aromatic rings. The van der Waals surface area contributed by atoms with Crippen molar-refractivity contribution in [3.8, 4) is 11.6 Å². The third kappa shape index (κ3) is 1.67. The van der Waals surface area contributed by atoms with Crippen LogP contribution >= 0.6 is 11.3 Å². The van der Waals surface area contributed by atoms with Crippen LogP contribution in [0.15, 0.2) is 18.5 Å². The lowest BCUT2D eigenvalue weighted by molar-refractivity contribution is 0.917. The van der Waals surface area contributed by atoms with Crippen LogP contribution in [-0.2, 0) is 12.8 Å². The van der Waals surface area contributed by atoms with Crippen molar-refractivity contribution in [2.24, 2.45) is 5.84 Å². The molecule has 6 nitrogen and oxygen atoms in total. The molecule has 3 N–H and O–H groups in total. The molecule has 0 amide bonds. The summed E-state index contributed by atoms with van der Waals surface area (Å²) < 4.78 is 0. The van der Waals surface area contributed by atoms with Gasteiger partial charge in [-0.25, -0.2) is 25.8 Å². The van der Waals surface area contributed by atoms with Crippen LogP contribution in [0.4, 0.5) is 5.82 Å². The fourth-order valence-electron chi connectivity index (χ4n) is 2.61. The number of aryl methyl sites for hydroxylation is 2. The third-order valence-corrected chi connectivity index (χ3v) is 4.65. The number of anilines is 1. The van der Waals surface area contributed by atoms with E-state index in [9.17, 15) is 0 Å². The second kappa shape index (κ2) is 4.46. The maximum absolute atomic E-state index is 5.64. The van der Waals surface area contributed by atoms with E-state index in [1.165, 1.54) is 16.9 Å². The summed E-state index contributed by atoms with van der Waals surface area (Å²) in [6, 6.07) is 1.77. The minimum atomic E-state index is 0.506. The lowest BCUT2D eigenvalue weighted by atomic mass is 10.2. The maximum Gasteiger partial charge on any atom is 0.201 e. The molecule has 7 heteroatoms. The zero-order valence-electron chi connectivity index (χ0n) is 10.6. The first kappa shape index (κ1) is 11.7. The number of aromatic nitrogens is 4. The summed E-state index contributed by atoms with van der Waals surface area (Å²) in [7, 11) is 0. The van der Waals surface area contributed by atoms with Gasteiger partial charge in [0.2, 0.25) is 5.82 Å². The van der Waals surface area contributed by atoms with Gasteiger partial charge in [-0.1, -0.05) is 0 Å². The number of hydrazine groups is 1. The number of nitrogens with two attached hydrogens (primary N) is 1. The van der Waals surface area contributed by atoms with E-state index >= 15 is 0 Å². The van der Waals surface area contributed by atoms with Crippen molar-refractivity contribution in [3.05, 3.63) is 28.9 Å². The molecule has 0 bridgehead atoms. The Morgan fingerprint density at radius 2 is 1.95 bits per heavy atom. The van der Waals surface area contributed by atoms with Crippen molar-refractivity contribution in [2.75, 3.05) is 5.43 Å². The smallest absolute Gasteiger partial charge is 0.201 e. The molecular formula is C13H12N6S. The number of fused-ring (bicyclic) bond motifs is 3. The Morgan fingerprint density at radius 1 is 1.10 bits per heavy atom. The zero-order valence-corrected chi connectivity index (χ0v) is 11.4. The van der Waals surface area contributed by atoms with E-state index in [1.54, 1.807) is 29.8 Å². The quantitative estimate of drug-likeness (QED) is 0.552. The first-order valence-corrected chi connectivity index (χ1v) is 7.25. The summed E-state index contributed by atoms with van der Waals surface area (Å²) in [6.07, 6.45) is 6.76. The van der Waals surface area contributed by atoms with E-state index in [2.05, 4.69) is 25.4 Å². The average molecular weight is 284 g/mol. The minimum absolute atomic E-state index is 0.506. The second-order valence-corrected chi connectivity index (χ2v) is 5.73. The SMILES string of the molecule is NNc1nc(-c2ncccn2)nc2sc3c(c12)CCC3. The van der Waals surface area contributed by atoms with Crippen molar-refractivity contribution < 1.29 is 0 Å². The number of nitrogens with one attached hydrogen (secondary N) is 1. The molecule has 1 aliphatic carbocycles. The van der Waals surface area contributed by atoms with Crippen LogP contribution in [0.3, 0.4) is 0 Å². The molecule has 0 atom stereocenters. The van der Waals surface area contributed by atoms with E-state index in [0.29, 0.717) is 17.5 Å². The first-order chi connectivity index (χ1) is 9.86. The summed E-state index contributed by atoms with van der Waals surface area (Å²) in [5.74, 6) is 7.32. The van der Waals surface area contributed by atoms with Crippen molar-refractivity contribution in [3.63, 3.8) is 0 Å². The molecule has 0 aromatic carbocycles. The highest BCUT2D eigenvalue weighted by Crippen LogP contribution is 2.39. The molecule has 1 aliphatic rings. The normalized spacial score (nSPS) is 13.7. The van der Waals surface area contributed by atoms with Gasteiger partial charge >= 0.3 is 0 Å². The van der Waals surface area contributed by atoms with Gasteiger partial charge in [-0.2, -0.15) is 0 Å². The predicted octanol–water partition coefficient (Wildman–Crippen LogP) is 1.92. The van der Waals surface area contributed by atoms with Crippen molar-refractivity contribution in [1.82, 2.24) is 19.9 Å². The Labute approximate surface area is 119 Å². The number of nitrogens with zero attached hydrogens (tertiary/aromatic N) is 4. The molecule has 4 rings (SSSR count). The van der Waals surface area contributed by atoms with Gasteiger partial charge in [0.05, 0.1) is 5.39 Å². The Balaban J connectivity index is 1.98. The van der Waals surface area contributed by atoms with Gasteiger partial charge in [-0.3, -0.25) is 0 Å². The molecule has 3 heterocycles. The van der Waals surface area contributed by atoms with Gasteiger partial charge in [-0.15, -0.1) is 11.3 Å². The lowest BCUT2D eigenvalue weighted by Crippen LogP contribution is -2.10. The predicted molar refractivity (Wildman–Crippen MR) is 78.3 cm³/mol. The molecule has 100 valence electrons. The number of nitrogen functional groups attached to an aromatic ring is 1. The molecule has 0 unspecified atom stereocenters. The molecule has 0 saturated carbocycles. The molecule has 20 heavy (non-hydrogen) atoms. The van der Waals surface area contributed by atoms with Gasteiger partial charge in [0, 0.05) is 17.3 Å². The van der Waals surface area contributed by atoms with E-state index in [1.807, 2.05) is 0 Å². The summed E-state index contributed by atoms with van der Waals surface area (Å²) >= 11 is 1.72. The highest BCUT2D eigenvalue weighted by molar-refractivity contribution is 7.19. The van der Waals surface area contributed by atoms with Crippen LogP contribution < -0.4 is 11.3 Å². The summed E-state index contributed by atoms with van der Waals surface area (Å²) in [5, 5.41) is 1.06. The molecule has 0 radical (unpaired) electrons. The number of hydrogen-bond acceptors (Lipinski definition) is 7. The average Bonchev–Trinajstić information content (AvgIpc) is 3.07. The fraction of sp³-hybridized carbons (Fsp3) is 0.231. The van der Waals surface area contributed by atoms with Crippen molar-refractivity contribution in [1.29, 1.82) is 0 Å². The second-order valence-electron chi connectivity index (χ2n) is 4.65. The molecule has 3 aromatic heterocycles. The van der Waals surface area contributed by atoms with Crippen LogP contribution in [0.2, 0.25) is 0 Å². The highest BCUT2D eigenvalue weighted by atomic mass is 32.1. The molecular weight excluding hydrogens is 272 g/mol. The molecule has 0 spiro atoms. The standard InChI is InChI=1S/C13H12N6S/c14-19-10-9-7-3-1-4-8(7)20-13(9)18-12(17-10)11-15-5-2-6-16-11/h2,5-6H,1,3-4,14H2,(H,17,18,19). The van der Waals surface area contributed by atoms with Gasteiger partial charge < -0.3 is 5.43 Å². The Kier molecular flexibility index (Phi) is 2.61. The Bertz CT molecular complexity index is 782. The van der Waals surface area contributed by atoms with Gasteiger partial charge in [0.25, 0.3) is 0 Å².